The van der Waals surface area contributed by atoms with Crippen molar-refractivity contribution >= 4 is 18.6 Å². The summed E-state index contributed by atoms with van der Waals surface area (Å²) in [6, 6.07) is 11.7. The maximum atomic E-state index is 4.14. The standard InChI is InChI=1S/C17H13.C11H17.C3H6.2ClH.Zr/c1-3-12-5-7-14-11-15-8-6-13(4-2)10-17(15)16(14)9-12;1-5-9-6-7-10(8-9)11(2,3)4;1-3-2;;;/h3-7,9-10H,1-2,11H2;7-9H,5H2,1-4H3;1-2H3;2*1H;/q;;;;;+2/p-2. The third kappa shape index (κ3) is 5.28. The van der Waals surface area contributed by atoms with E-state index in [-0.39, 0.29) is 30.2 Å². The Balaban J connectivity index is 0.00000204. The van der Waals surface area contributed by atoms with Crippen LogP contribution in [0.4, 0.5) is 0 Å². The molecule has 0 saturated heterocycles. The second-order valence-electron chi connectivity index (χ2n) is 10.5. The van der Waals surface area contributed by atoms with Gasteiger partial charge in [0.25, 0.3) is 0 Å². The Bertz CT molecular complexity index is 1210. The Hall–Kier alpha value is -1.27. The van der Waals surface area contributed by atoms with E-state index in [1.54, 1.807) is 15.3 Å². The molecule has 2 aliphatic rings. The molecular formula is C31H36Cl2Zr. The van der Waals surface area contributed by atoms with Crippen LogP contribution in [-0.4, -0.2) is 3.21 Å². The Labute approximate surface area is 226 Å². The van der Waals surface area contributed by atoms with Crippen molar-refractivity contribution in [2.75, 3.05) is 0 Å². The SMILES string of the molecule is C=Cc1ccc2c(c1)-c1cc(C=C)c[c]([Zr+2]([C]3=CC(C(C)(C)C)=CC3CC)=[C](C)C)c1C2.[Cl-].[Cl-]. The van der Waals surface area contributed by atoms with Gasteiger partial charge in [0.15, 0.2) is 0 Å². The van der Waals surface area contributed by atoms with Gasteiger partial charge in [-0.3, -0.25) is 0 Å². The minimum atomic E-state index is -2.24. The molecular weight excluding hydrogens is 534 g/mol. The molecule has 1 unspecified atom stereocenters. The molecule has 178 valence electrons. The summed E-state index contributed by atoms with van der Waals surface area (Å²) in [5.74, 6) is 0.590. The van der Waals surface area contributed by atoms with E-state index >= 15 is 0 Å². The van der Waals surface area contributed by atoms with Gasteiger partial charge < -0.3 is 24.8 Å². The van der Waals surface area contributed by atoms with Crippen molar-refractivity contribution < 1.29 is 46.1 Å². The number of benzene rings is 2. The third-order valence-corrected chi connectivity index (χ3v) is 14.6. The quantitative estimate of drug-likeness (QED) is 0.440. The van der Waals surface area contributed by atoms with Gasteiger partial charge in [-0.1, -0.05) is 0 Å². The molecule has 0 spiro atoms. The molecule has 0 amide bonds. The van der Waals surface area contributed by atoms with E-state index in [0.29, 0.717) is 5.92 Å². The zero-order chi connectivity index (χ0) is 23.2. The zero-order valence-corrected chi connectivity index (χ0v) is 25.3. The van der Waals surface area contributed by atoms with Crippen LogP contribution in [-0.2, 0) is 27.7 Å². The Morgan fingerprint density at radius 1 is 1.00 bits per heavy atom. The summed E-state index contributed by atoms with van der Waals surface area (Å²) in [7, 11) is 0. The van der Waals surface area contributed by atoms with Gasteiger partial charge in [-0.15, -0.1) is 0 Å². The smallest absolute Gasteiger partial charge is 1.00 e. The molecule has 2 aromatic rings. The number of hydrogen-bond donors (Lipinski definition) is 0. The first-order valence-electron chi connectivity index (χ1n) is 11.8. The second kappa shape index (κ2) is 11.2. The van der Waals surface area contributed by atoms with Gasteiger partial charge in [0.1, 0.15) is 0 Å². The third-order valence-electron chi connectivity index (χ3n) is 6.99. The number of halogens is 2. The molecule has 1 atom stereocenters. The molecule has 0 saturated carbocycles. The van der Waals surface area contributed by atoms with Crippen molar-refractivity contribution in [2.45, 2.75) is 54.4 Å². The summed E-state index contributed by atoms with van der Waals surface area (Å²) in [6.07, 6.45) is 11.4. The van der Waals surface area contributed by atoms with E-state index in [1.807, 2.05) is 12.2 Å². The molecule has 3 heteroatoms. The summed E-state index contributed by atoms with van der Waals surface area (Å²) in [6.45, 7) is 22.3. The van der Waals surface area contributed by atoms with E-state index in [9.17, 15) is 0 Å². The van der Waals surface area contributed by atoms with E-state index in [4.69, 9.17) is 0 Å². The summed E-state index contributed by atoms with van der Waals surface area (Å²) in [5, 5.41) is 0. The Morgan fingerprint density at radius 2 is 1.65 bits per heavy atom. The predicted octanol–water partition coefficient (Wildman–Crippen LogP) is 1.90. The summed E-state index contributed by atoms with van der Waals surface area (Å²) in [5.41, 5.74) is 10.0. The van der Waals surface area contributed by atoms with Gasteiger partial charge in [0.2, 0.25) is 0 Å². The van der Waals surface area contributed by atoms with E-state index in [0.717, 1.165) is 6.42 Å². The molecule has 0 nitrogen and oxygen atoms in total. The fourth-order valence-corrected chi connectivity index (χ4v) is 13.1. The van der Waals surface area contributed by atoms with Crippen LogP contribution < -0.4 is 28.1 Å². The minimum absolute atomic E-state index is 0. The maximum Gasteiger partial charge on any atom is -1.00 e. The Morgan fingerprint density at radius 3 is 2.21 bits per heavy atom. The first-order valence-corrected chi connectivity index (χ1v) is 15.5. The van der Waals surface area contributed by atoms with Crippen molar-refractivity contribution in [1.82, 2.24) is 0 Å². The first kappa shape index (κ1) is 29.0. The van der Waals surface area contributed by atoms with Gasteiger partial charge in [-0.2, -0.15) is 0 Å². The second-order valence-corrected chi connectivity index (χ2v) is 17.5. The van der Waals surface area contributed by atoms with Crippen LogP contribution in [0.5, 0.6) is 0 Å². The average Bonchev–Trinajstić information content (AvgIpc) is 3.34. The number of rotatable bonds is 5. The van der Waals surface area contributed by atoms with Crippen LogP contribution in [0.1, 0.15) is 70.2 Å². The fourth-order valence-electron chi connectivity index (χ4n) is 5.19. The van der Waals surface area contributed by atoms with Crippen molar-refractivity contribution in [3.8, 4) is 11.1 Å². The largest absolute Gasteiger partial charge is 1.00 e. The van der Waals surface area contributed by atoms with Crippen LogP contribution in [0.3, 0.4) is 0 Å². The van der Waals surface area contributed by atoms with Gasteiger partial charge >= 0.3 is 203 Å². The number of allylic oxidation sites excluding steroid dienone is 4. The van der Waals surface area contributed by atoms with Crippen molar-refractivity contribution in [3.05, 3.63) is 86.7 Å². The van der Waals surface area contributed by atoms with Crippen LogP contribution in [0, 0.1) is 11.3 Å². The first-order chi connectivity index (χ1) is 15.2. The summed E-state index contributed by atoms with van der Waals surface area (Å²) < 4.78 is 5.07. The van der Waals surface area contributed by atoms with Crippen molar-refractivity contribution in [1.29, 1.82) is 0 Å². The van der Waals surface area contributed by atoms with E-state index in [2.05, 4.69) is 97.2 Å². The number of hydrogen-bond acceptors (Lipinski definition) is 0. The molecule has 0 radical (unpaired) electrons. The molecule has 0 N–H and O–H groups in total. The van der Waals surface area contributed by atoms with Gasteiger partial charge in [0.05, 0.1) is 0 Å². The Kier molecular flexibility index (Phi) is 9.54. The monoisotopic (exact) mass is 568 g/mol. The summed E-state index contributed by atoms with van der Waals surface area (Å²) >= 11 is -2.24. The van der Waals surface area contributed by atoms with Crippen LogP contribution in [0.25, 0.3) is 23.3 Å². The molecule has 0 heterocycles. The molecule has 2 aromatic carbocycles. The van der Waals surface area contributed by atoms with E-state index < -0.39 is 21.3 Å². The van der Waals surface area contributed by atoms with Gasteiger partial charge in [0, 0.05) is 0 Å². The average molecular weight is 571 g/mol. The molecule has 2 aliphatic carbocycles. The fraction of sp³-hybridized carbons (Fsp3) is 0.323. The normalized spacial score (nSPS) is 15.5. The molecule has 34 heavy (non-hydrogen) atoms. The van der Waals surface area contributed by atoms with Crippen molar-refractivity contribution in [2.24, 2.45) is 11.3 Å². The molecule has 4 rings (SSSR count). The van der Waals surface area contributed by atoms with Crippen LogP contribution in [0.2, 0.25) is 0 Å². The van der Waals surface area contributed by atoms with Crippen molar-refractivity contribution in [3.63, 3.8) is 0 Å². The van der Waals surface area contributed by atoms with E-state index in [1.165, 1.54) is 39.8 Å². The number of fused-ring (bicyclic) bond motifs is 3. The molecule has 0 aromatic heterocycles. The van der Waals surface area contributed by atoms with Gasteiger partial charge in [-0.05, 0) is 0 Å². The molecule has 0 aliphatic heterocycles. The minimum Gasteiger partial charge on any atom is -1.00 e. The molecule has 0 fully saturated rings. The maximum absolute atomic E-state index is 4.14. The van der Waals surface area contributed by atoms with Gasteiger partial charge in [-0.25, -0.2) is 0 Å². The molecule has 0 bridgehead atoms. The zero-order valence-electron chi connectivity index (χ0n) is 21.4. The summed E-state index contributed by atoms with van der Waals surface area (Å²) in [4.78, 5) is 0. The van der Waals surface area contributed by atoms with Crippen LogP contribution in [0.15, 0.2) is 64.5 Å². The van der Waals surface area contributed by atoms with Crippen LogP contribution >= 0.6 is 0 Å². The topological polar surface area (TPSA) is 0 Å². The predicted molar refractivity (Wildman–Crippen MR) is 140 cm³/mol.